The quantitative estimate of drug-likeness (QED) is 0.602. The van der Waals surface area contributed by atoms with E-state index in [-0.39, 0.29) is 5.76 Å². The van der Waals surface area contributed by atoms with E-state index in [4.69, 9.17) is 19.6 Å². The Morgan fingerprint density at radius 2 is 2.16 bits per heavy atom. The van der Waals surface area contributed by atoms with E-state index < -0.39 is 0 Å². The smallest absolute Gasteiger partial charge is 0.408 e. The molecule has 1 heterocycles. The van der Waals surface area contributed by atoms with E-state index >= 15 is 0 Å². The van der Waals surface area contributed by atoms with Gasteiger partial charge in [0.1, 0.15) is 0 Å². The van der Waals surface area contributed by atoms with Gasteiger partial charge in [0.05, 0.1) is 18.7 Å². The van der Waals surface area contributed by atoms with Gasteiger partial charge in [0.15, 0.2) is 5.58 Å². The number of rotatable bonds is 7. The van der Waals surface area contributed by atoms with Crippen molar-refractivity contribution in [2.45, 2.75) is 13.0 Å². The van der Waals surface area contributed by atoms with E-state index in [0.29, 0.717) is 37.6 Å². The molecule has 0 bridgehead atoms. The Morgan fingerprint density at radius 1 is 1.32 bits per heavy atom. The average molecular weight is 266 g/mol. The topological polar surface area (TPSA) is 79.6 Å². The molecule has 19 heavy (non-hydrogen) atoms. The number of aryl methyl sites for hydroxylation is 1. The summed E-state index contributed by atoms with van der Waals surface area (Å²) in [7, 11) is 1.63. The summed E-state index contributed by atoms with van der Waals surface area (Å²) in [5, 5.41) is 0. The molecule has 2 aromatic rings. The van der Waals surface area contributed by atoms with E-state index in [2.05, 4.69) is 0 Å². The van der Waals surface area contributed by atoms with E-state index in [1.807, 2.05) is 0 Å². The van der Waals surface area contributed by atoms with Crippen LogP contribution in [-0.4, -0.2) is 31.5 Å². The summed E-state index contributed by atoms with van der Waals surface area (Å²) in [5.41, 5.74) is 7.51. The number of hydrogen-bond acceptors (Lipinski definition) is 5. The van der Waals surface area contributed by atoms with Crippen LogP contribution in [0.2, 0.25) is 0 Å². The number of anilines is 1. The van der Waals surface area contributed by atoms with Crippen LogP contribution < -0.4 is 11.5 Å². The standard InChI is InChI=1S/C13H18N2O4/c1-17-7-8-18-6-2-5-15-11-4-3-10(14)9-12(11)19-13(15)16/h3-4,9H,2,5-8,14H2,1H3. The van der Waals surface area contributed by atoms with Crippen molar-refractivity contribution in [2.24, 2.45) is 0 Å². The fourth-order valence-electron chi connectivity index (χ4n) is 1.86. The van der Waals surface area contributed by atoms with Crippen LogP contribution in [-0.2, 0) is 16.0 Å². The fraction of sp³-hybridized carbons (Fsp3) is 0.462. The lowest BCUT2D eigenvalue weighted by Gasteiger charge is -2.04. The molecule has 0 unspecified atom stereocenters. The Labute approximate surface area is 110 Å². The minimum absolute atomic E-state index is 0.363. The summed E-state index contributed by atoms with van der Waals surface area (Å²) in [4.78, 5) is 11.7. The Hall–Kier alpha value is -1.79. The summed E-state index contributed by atoms with van der Waals surface area (Å²) < 4.78 is 17.0. The lowest BCUT2D eigenvalue weighted by atomic mass is 10.3. The maximum absolute atomic E-state index is 11.7. The minimum atomic E-state index is -0.363. The third-order valence-corrected chi connectivity index (χ3v) is 2.79. The molecule has 0 fully saturated rings. The molecule has 2 rings (SSSR count). The summed E-state index contributed by atoms with van der Waals surface area (Å²) >= 11 is 0. The van der Waals surface area contributed by atoms with Crippen LogP contribution in [0.1, 0.15) is 6.42 Å². The molecule has 0 aliphatic rings. The monoisotopic (exact) mass is 266 g/mol. The molecule has 0 radical (unpaired) electrons. The average Bonchev–Trinajstić information content (AvgIpc) is 2.69. The number of ether oxygens (including phenoxy) is 2. The number of oxazole rings is 1. The molecule has 0 atom stereocenters. The summed E-state index contributed by atoms with van der Waals surface area (Å²) in [6.07, 6.45) is 0.739. The molecular weight excluding hydrogens is 248 g/mol. The van der Waals surface area contributed by atoms with Crippen LogP contribution >= 0.6 is 0 Å². The Morgan fingerprint density at radius 3 is 2.95 bits per heavy atom. The molecule has 1 aromatic carbocycles. The zero-order valence-electron chi connectivity index (χ0n) is 10.9. The lowest BCUT2D eigenvalue weighted by molar-refractivity contribution is 0.0679. The molecule has 0 saturated heterocycles. The highest BCUT2D eigenvalue weighted by Gasteiger charge is 2.08. The van der Waals surface area contributed by atoms with Crippen LogP contribution in [0.5, 0.6) is 0 Å². The number of fused-ring (bicyclic) bond motifs is 1. The SMILES string of the molecule is COCCOCCCn1c(=O)oc2cc(N)ccc21. The number of methoxy groups -OCH3 is 1. The highest BCUT2D eigenvalue weighted by Crippen LogP contribution is 2.16. The van der Waals surface area contributed by atoms with Crippen molar-refractivity contribution >= 4 is 16.8 Å². The van der Waals surface area contributed by atoms with Gasteiger partial charge in [-0.3, -0.25) is 4.57 Å². The Balaban J connectivity index is 1.97. The molecular formula is C13H18N2O4. The van der Waals surface area contributed by atoms with Gasteiger partial charge in [0.25, 0.3) is 0 Å². The largest absolute Gasteiger partial charge is 0.419 e. The van der Waals surface area contributed by atoms with Gasteiger partial charge < -0.3 is 19.6 Å². The van der Waals surface area contributed by atoms with E-state index in [1.165, 1.54) is 0 Å². The first-order chi connectivity index (χ1) is 9.22. The zero-order valence-corrected chi connectivity index (χ0v) is 10.9. The number of nitrogens with two attached hydrogens (primary N) is 1. The molecule has 6 heteroatoms. The predicted octanol–water partition coefficient (Wildman–Crippen LogP) is 1.23. The Bertz CT molecular complexity index is 588. The van der Waals surface area contributed by atoms with Crippen molar-refractivity contribution < 1.29 is 13.9 Å². The maximum atomic E-state index is 11.7. The number of hydrogen-bond donors (Lipinski definition) is 1. The maximum Gasteiger partial charge on any atom is 0.419 e. The highest BCUT2D eigenvalue weighted by molar-refractivity contribution is 5.76. The summed E-state index contributed by atoms with van der Waals surface area (Å²) in [5.74, 6) is -0.363. The van der Waals surface area contributed by atoms with Gasteiger partial charge in [-0.05, 0) is 18.6 Å². The molecule has 6 nitrogen and oxygen atoms in total. The normalized spacial score (nSPS) is 11.2. The minimum Gasteiger partial charge on any atom is -0.408 e. The second-order valence-corrected chi connectivity index (χ2v) is 4.21. The van der Waals surface area contributed by atoms with Gasteiger partial charge in [-0.25, -0.2) is 4.79 Å². The van der Waals surface area contributed by atoms with Crippen LogP contribution in [0.4, 0.5) is 5.69 Å². The molecule has 0 amide bonds. The van der Waals surface area contributed by atoms with Crippen LogP contribution in [0.3, 0.4) is 0 Å². The first-order valence-electron chi connectivity index (χ1n) is 6.18. The first-order valence-corrected chi connectivity index (χ1v) is 6.18. The molecule has 0 saturated carbocycles. The number of nitrogens with zero attached hydrogens (tertiary/aromatic N) is 1. The molecule has 0 aliphatic carbocycles. The third-order valence-electron chi connectivity index (χ3n) is 2.79. The van der Waals surface area contributed by atoms with Gasteiger partial charge in [-0.15, -0.1) is 0 Å². The summed E-state index contributed by atoms with van der Waals surface area (Å²) in [6.45, 7) is 2.28. The second kappa shape index (κ2) is 6.40. The van der Waals surface area contributed by atoms with Crippen LogP contribution in [0.25, 0.3) is 11.1 Å². The van der Waals surface area contributed by atoms with E-state index in [1.54, 1.807) is 29.9 Å². The highest BCUT2D eigenvalue weighted by atomic mass is 16.5. The molecule has 1 aromatic heterocycles. The van der Waals surface area contributed by atoms with Crippen molar-refractivity contribution in [3.05, 3.63) is 28.7 Å². The third kappa shape index (κ3) is 3.36. The van der Waals surface area contributed by atoms with Gasteiger partial charge in [-0.1, -0.05) is 0 Å². The number of nitrogen functional groups attached to an aromatic ring is 1. The van der Waals surface area contributed by atoms with Crippen molar-refractivity contribution in [2.75, 3.05) is 32.7 Å². The number of aromatic nitrogens is 1. The van der Waals surface area contributed by atoms with Crippen LogP contribution in [0.15, 0.2) is 27.4 Å². The summed E-state index contributed by atoms with van der Waals surface area (Å²) in [6, 6.07) is 5.20. The van der Waals surface area contributed by atoms with Crippen molar-refractivity contribution in [3.8, 4) is 0 Å². The van der Waals surface area contributed by atoms with Crippen LogP contribution in [0, 0.1) is 0 Å². The molecule has 104 valence electrons. The molecule has 2 N–H and O–H groups in total. The van der Waals surface area contributed by atoms with Gasteiger partial charge >= 0.3 is 5.76 Å². The van der Waals surface area contributed by atoms with Crippen molar-refractivity contribution in [1.29, 1.82) is 0 Å². The van der Waals surface area contributed by atoms with E-state index in [0.717, 1.165) is 11.9 Å². The number of benzene rings is 1. The fourth-order valence-corrected chi connectivity index (χ4v) is 1.86. The van der Waals surface area contributed by atoms with Crippen molar-refractivity contribution in [3.63, 3.8) is 0 Å². The predicted molar refractivity (Wildman–Crippen MR) is 72.2 cm³/mol. The molecule has 0 spiro atoms. The lowest BCUT2D eigenvalue weighted by Crippen LogP contribution is -2.15. The van der Waals surface area contributed by atoms with Gasteiger partial charge in [0, 0.05) is 32.0 Å². The van der Waals surface area contributed by atoms with Gasteiger partial charge in [-0.2, -0.15) is 0 Å². The Kier molecular flexibility index (Phi) is 4.59. The van der Waals surface area contributed by atoms with Gasteiger partial charge in [0.2, 0.25) is 0 Å². The van der Waals surface area contributed by atoms with Crippen molar-refractivity contribution in [1.82, 2.24) is 4.57 Å². The second-order valence-electron chi connectivity index (χ2n) is 4.21. The zero-order chi connectivity index (χ0) is 13.7. The molecule has 0 aliphatic heterocycles. The van der Waals surface area contributed by atoms with E-state index in [9.17, 15) is 4.79 Å². The first kappa shape index (κ1) is 13.6.